The fraction of sp³-hybridized carbons (Fsp3) is 0.250. The van der Waals surface area contributed by atoms with Gasteiger partial charge in [0.25, 0.3) is 0 Å². The number of hydrogen-bond acceptors (Lipinski definition) is 6. The molecule has 0 aliphatic carbocycles. The zero-order chi connectivity index (χ0) is 16.7. The number of benzene rings is 1. The topological polar surface area (TPSA) is 104 Å². The predicted octanol–water partition coefficient (Wildman–Crippen LogP) is 1.18. The zero-order valence-corrected chi connectivity index (χ0v) is 13.2. The molecule has 0 spiro atoms. The summed E-state index contributed by atoms with van der Waals surface area (Å²) in [5.41, 5.74) is 7.28. The zero-order valence-electron chi connectivity index (χ0n) is 13.2. The Balaban J connectivity index is 1.69. The summed E-state index contributed by atoms with van der Waals surface area (Å²) in [6.07, 6.45) is 1.66. The lowest BCUT2D eigenvalue weighted by molar-refractivity contribution is -0.120. The molecule has 0 bridgehead atoms. The number of aromatic nitrogens is 4. The molecule has 3 aromatic rings. The lowest BCUT2D eigenvalue weighted by atomic mass is 10.1. The standard InChI is InChI=1S/C16H17N7O/c1-10-15(24)23(11-5-3-2-4-6-11)8-7-22(10)14-12-9-18-21-13(12)19-16(17)20-14/h2-6,9-10H,7-8H2,1H3,(H3,17,18,19,20,21)/t10-/m0/s1. The van der Waals surface area contributed by atoms with E-state index in [1.165, 1.54) is 0 Å². The molecule has 1 atom stereocenters. The van der Waals surface area contributed by atoms with E-state index in [1.54, 1.807) is 11.1 Å². The van der Waals surface area contributed by atoms with Gasteiger partial charge in [-0.25, -0.2) is 0 Å². The molecule has 1 aromatic carbocycles. The van der Waals surface area contributed by atoms with Crippen molar-refractivity contribution in [2.75, 3.05) is 28.6 Å². The van der Waals surface area contributed by atoms with Gasteiger partial charge in [0.15, 0.2) is 5.65 Å². The summed E-state index contributed by atoms with van der Waals surface area (Å²) >= 11 is 0. The number of hydrogen-bond donors (Lipinski definition) is 2. The number of H-pyrrole nitrogens is 1. The van der Waals surface area contributed by atoms with Crippen LogP contribution in [0.3, 0.4) is 0 Å². The van der Waals surface area contributed by atoms with Crippen LogP contribution in [0.1, 0.15) is 6.92 Å². The van der Waals surface area contributed by atoms with Crippen LogP contribution < -0.4 is 15.5 Å². The second-order valence-electron chi connectivity index (χ2n) is 5.73. The average molecular weight is 323 g/mol. The summed E-state index contributed by atoms with van der Waals surface area (Å²) < 4.78 is 0. The highest BCUT2D eigenvalue weighted by molar-refractivity contribution is 6.01. The minimum atomic E-state index is -0.355. The Morgan fingerprint density at radius 2 is 2.00 bits per heavy atom. The van der Waals surface area contributed by atoms with Crippen LogP contribution >= 0.6 is 0 Å². The van der Waals surface area contributed by atoms with E-state index in [-0.39, 0.29) is 17.9 Å². The van der Waals surface area contributed by atoms with Crippen molar-refractivity contribution in [3.63, 3.8) is 0 Å². The molecule has 1 fully saturated rings. The lowest BCUT2D eigenvalue weighted by Crippen LogP contribution is -2.56. The highest BCUT2D eigenvalue weighted by atomic mass is 16.2. The number of anilines is 3. The number of para-hydroxylation sites is 1. The highest BCUT2D eigenvalue weighted by Gasteiger charge is 2.34. The van der Waals surface area contributed by atoms with Gasteiger partial charge in [-0.1, -0.05) is 18.2 Å². The maximum atomic E-state index is 12.9. The first kappa shape index (κ1) is 14.4. The Bertz CT molecular complexity index is 892. The van der Waals surface area contributed by atoms with Gasteiger partial charge in [-0.15, -0.1) is 0 Å². The van der Waals surface area contributed by atoms with Crippen LogP contribution in [-0.4, -0.2) is 45.2 Å². The minimum absolute atomic E-state index is 0.0290. The molecular weight excluding hydrogens is 306 g/mol. The van der Waals surface area contributed by atoms with E-state index >= 15 is 0 Å². The molecule has 0 radical (unpaired) electrons. The van der Waals surface area contributed by atoms with Gasteiger partial charge in [-0.2, -0.15) is 15.1 Å². The number of amides is 1. The third kappa shape index (κ3) is 2.23. The largest absolute Gasteiger partial charge is 0.368 e. The Morgan fingerprint density at radius 3 is 2.79 bits per heavy atom. The van der Waals surface area contributed by atoms with Crippen molar-refractivity contribution in [2.45, 2.75) is 13.0 Å². The van der Waals surface area contributed by atoms with E-state index in [1.807, 2.05) is 42.2 Å². The van der Waals surface area contributed by atoms with E-state index in [2.05, 4.69) is 20.2 Å². The average Bonchev–Trinajstić information content (AvgIpc) is 3.06. The highest BCUT2D eigenvalue weighted by Crippen LogP contribution is 2.28. The quantitative estimate of drug-likeness (QED) is 0.734. The Morgan fingerprint density at radius 1 is 1.21 bits per heavy atom. The van der Waals surface area contributed by atoms with Crippen LogP contribution in [0.4, 0.5) is 17.5 Å². The molecule has 3 N–H and O–H groups in total. The summed E-state index contributed by atoms with van der Waals surface area (Å²) in [5.74, 6) is 0.827. The first-order valence-electron chi connectivity index (χ1n) is 7.75. The van der Waals surface area contributed by atoms with Crippen molar-refractivity contribution >= 4 is 34.4 Å². The summed E-state index contributed by atoms with van der Waals surface area (Å²) in [6.45, 7) is 3.11. The van der Waals surface area contributed by atoms with Crippen LogP contribution in [0.25, 0.3) is 11.0 Å². The number of nitrogens with zero attached hydrogens (tertiary/aromatic N) is 5. The maximum absolute atomic E-state index is 12.9. The molecule has 1 saturated heterocycles. The monoisotopic (exact) mass is 323 g/mol. The van der Waals surface area contributed by atoms with E-state index in [0.29, 0.717) is 24.6 Å². The third-order valence-electron chi connectivity index (χ3n) is 4.30. The maximum Gasteiger partial charge on any atom is 0.249 e. The normalized spacial score (nSPS) is 18.4. The number of fused-ring (bicyclic) bond motifs is 1. The Kier molecular flexibility index (Phi) is 3.30. The first-order valence-corrected chi connectivity index (χ1v) is 7.75. The van der Waals surface area contributed by atoms with Gasteiger partial charge < -0.3 is 15.5 Å². The molecule has 4 rings (SSSR count). The third-order valence-corrected chi connectivity index (χ3v) is 4.30. The van der Waals surface area contributed by atoms with Gasteiger partial charge in [0.05, 0.1) is 11.6 Å². The van der Waals surface area contributed by atoms with E-state index in [0.717, 1.165) is 11.1 Å². The van der Waals surface area contributed by atoms with Crippen molar-refractivity contribution in [1.82, 2.24) is 20.2 Å². The summed E-state index contributed by atoms with van der Waals surface area (Å²) in [6, 6.07) is 9.33. The van der Waals surface area contributed by atoms with Gasteiger partial charge in [0, 0.05) is 18.8 Å². The summed E-state index contributed by atoms with van der Waals surface area (Å²) in [5, 5.41) is 7.56. The smallest absolute Gasteiger partial charge is 0.249 e. The van der Waals surface area contributed by atoms with Gasteiger partial charge in [-0.3, -0.25) is 9.89 Å². The fourth-order valence-corrected chi connectivity index (χ4v) is 3.08. The number of rotatable bonds is 2. The second-order valence-corrected chi connectivity index (χ2v) is 5.73. The Hall–Kier alpha value is -3.16. The number of piperazine rings is 1. The van der Waals surface area contributed by atoms with Gasteiger partial charge >= 0.3 is 0 Å². The number of carbonyl (C=O) groups excluding carboxylic acids is 1. The van der Waals surface area contributed by atoms with E-state index < -0.39 is 0 Å². The van der Waals surface area contributed by atoms with Crippen LogP contribution in [0, 0.1) is 0 Å². The lowest BCUT2D eigenvalue weighted by Gasteiger charge is -2.39. The molecular formula is C16H17N7O. The predicted molar refractivity (Wildman–Crippen MR) is 91.7 cm³/mol. The van der Waals surface area contributed by atoms with Gasteiger partial charge in [0.2, 0.25) is 11.9 Å². The minimum Gasteiger partial charge on any atom is -0.368 e. The molecule has 0 saturated carbocycles. The van der Waals surface area contributed by atoms with Crippen LogP contribution in [0.2, 0.25) is 0 Å². The van der Waals surface area contributed by atoms with Crippen LogP contribution in [-0.2, 0) is 4.79 Å². The molecule has 24 heavy (non-hydrogen) atoms. The van der Waals surface area contributed by atoms with Crippen LogP contribution in [0.15, 0.2) is 36.5 Å². The molecule has 122 valence electrons. The summed E-state index contributed by atoms with van der Waals surface area (Å²) in [7, 11) is 0. The Labute approximate surface area is 138 Å². The number of nitrogen functional groups attached to an aromatic ring is 1. The van der Waals surface area contributed by atoms with Gasteiger partial charge in [0.1, 0.15) is 11.9 Å². The summed E-state index contributed by atoms with van der Waals surface area (Å²) in [4.78, 5) is 25.1. The number of carbonyl (C=O) groups is 1. The van der Waals surface area contributed by atoms with Gasteiger partial charge in [-0.05, 0) is 19.1 Å². The molecule has 1 aliphatic rings. The van der Waals surface area contributed by atoms with Crippen molar-refractivity contribution < 1.29 is 4.79 Å². The SMILES string of the molecule is C[C@H]1C(=O)N(c2ccccc2)CCN1c1nc(N)nc2[nH]ncc12. The fourth-order valence-electron chi connectivity index (χ4n) is 3.08. The van der Waals surface area contributed by atoms with Crippen molar-refractivity contribution in [1.29, 1.82) is 0 Å². The van der Waals surface area contributed by atoms with E-state index in [9.17, 15) is 4.79 Å². The van der Waals surface area contributed by atoms with Crippen LogP contribution in [0.5, 0.6) is 0 Å². The second kappa shape index (κ2) is 5.48. The molecule has 8 nitrogen and oxygen atoms in total. The molecule has 3 heterocycles. The van der Waals surface area contributed by atoms with Crippen molar-refractivity contribution in [3.05, 3.63) is 36.5 Å². The van der Waals surface area contributed by atoms with Crippen molar-refractivity contribution in [3.8, 4) is 0 Å². The molecule has 2 aromatic heterocycles. The molecule has 0 unspecified atom stereocenters. The molecule has 1 aliphatic heterocycles. The number of nitrogens with two attached hydrogens (primary N) is 1. The number of aromatic amines is 1. The first-order chi connectivity index (χ1) is 11.6. The van der Waals surface area contributed by atoms with E-state index in [4.69, 9.17) is 5.73 Å². The number of nitrogens with one attached hydrogen (secondary N) is 1. The van der Waals surface area contributed by atoms with Crippen molar-refractivity contribution in [2.24, 2.45) is 0 Å². The molecule has 1 amide bonds. The molecule has 8 heteroatoms.